The molecule has 50 valence electrons. The normalized spacial score (nSPS) is 20.9. The molecule has 0 aromatic rings. The summed E-state index contributed by atoms with van der Waals surface area (Å²) in [5.74, 6) is 0.299. The highest BCUT2D eigenvalue weighted by molar-refractivity contribution is 9.11. The number of hydrogen-bond acceptors (Lipinski definition) is 1. The van der Waals surface area contributed by atoms with Gasteiger partial charge < -0.3 is 0 Å². The Labute approximate surface area is 63.3 Å². The molecule has 0 aromatic heterocycles. The van der Waals surface area contributed by atoms with E-state index >= 15 is 0 Å². The average molecular weight is 189 g/mol. The number of carbonyl (C=O) groups excluding carboxylic acids is 1. The lowest BCUT2D eigenvalue weighted by Gasteiger charge is -2.10. The van der Waals surface area contributed by atoms with Crippen LogP contribution in [0.2, 0.25) is 0 Å². The van der Waals surface area contributed by atoms with Crippen molar-refractivity contribution in [3.05, 3.63) is 10.1 Å². The Bertz CT molecular complexity index is 170. The lowest BCUT2D eigenvalue weighted by Crippen LogP contribution is -2.05. The summed E-state index contributed by atoms with van der Waals surface area (Å²) < 4.78 is 1.10. The Morgan fingerprint density at radius 1 is 1.44 bits per heavy atom. The van der Waals surface area contributed by atoms with E-state index in [1.807, 2.05) is 6.92 Å². The number of Topliss-reactive ketones (excluding diaryl/α,β-unsaturated/α-hetero) is 1. The number of ketones is 1. The first kappa shape index (κ1) is 7.00. The minimum atomic E-state index is 0.299. The predicted molar refractivity (Wildman–Crippen MR) is 40.5 cm³/mol. The van der Waals surface area contributed by atoms with Crippen LogP contribution in [0.15, 0.2) is 10.1 Å². The summed E-state index contributed by atoms with van der Waals surface area (Å²) in [5, 5.41) is 0. The lowest BCUT2D eigenvalue weighted by atomic mass is 10.00. The van der Waals surface area contributed by atoms with Crippen molar-refractivity contribution >= 4 is 21.7 Å². The zero-order chi connectivity index (χ0) is 6.85. The van der Waals surface area contributed by atoms with Crippen LogP contribution in [0.5, 0.6) is 0 Å². The van der Waals surface area contributed by atoms with Crippen molar-refractivity contribution in [3.8, 4) is 0 Å². The fourth-order valence-corrected chi connectivity index (χ4v) is 1.43. The molecule has 0 radical (unpaired) electrons. The summed E-state index contributed by atoms with van der Waals surface area (Å²) in [7, 11) is 0. The van der Waals surface area contributed by atoms with Crippen LogP contribution >= 0.6 is 15.9 Å². The third-order valence-corrected chi connectivity index (χ3v) is 2.62. The number of rotatable bonds is 0. The van der Waals surface area contributed by atoms with E-state index in [9.17, 15) is 4.79 Å². The van der Waals surface area contributed by atoms with Crippen LogP contribution in [0, 0.1) is 0 Å². The average Bonchev–Trinajstić information content (AvgIpc) is 1.83. The van der Waals surface area contributed by atoms with Gasteiger partial charge in [-0.05, 0) is 19.8 Å². The van der Waals surface area contributed by atoms with Gasteiger partial charge in [-0.3, -0.25) is 4.79 Å². The van der Waals surface area contributed by atoms with Crippen molar-refractivity contribution in [1.82, 2.24) is 0 Å². The van der Waals surface area contributed by atoms with E-state index < -0.39 is 0 Å². The fourth-order valence-electron chi connectivity index (χ4n) is 0.930. The molecule has 0 unspecified atom stereocenters. The highest BCUT2D eigenvalue weighted by Gasteiger charge is 2.13. The Kier molecular flexibility index (Phi) is 2.06. The first-order chi connectivity index (χ1) is 4.22. The molecule has 0 amide bonds. The van der Waals surface area contributed by atoms with Gasteiger partial charge in [-0.1, -0.05) is 15.9 Å². The van der Waals surface area contributed by atoms with E-state index in [1.165, 1.54) is 0 Å². The van der Waals surface area contributed by atoms with Crippen molar-refractivity contribution in [1.29, 1.82) is 0 Å². The van der Waals surface area contributed by atoms with E-state index in [1.54, 1.807) is 0 Å². The standard InChI is InChI=1S/C7H9BrO/c1-5-6(8)3-2-4-7(5)9/h2-4H2,1H3. The van der Waals surface area contributed by atoms with E-state index in [0.717, 1.165) is 29.3 Å². The summed E-state index contributed by atoms with van der Waals surface area (Å²) in [4.78, 5) is 10.9. The van der Waals surface area contributed by atoms with Gasteiger partial charge in [-0.2, -0.15) is 0 Å². The molecule has 0 aliphatic heterocycles. The summed E-state index contributed by atoms with van der Waals surface area (Å²) >= 11 is 3.35. The Balaban J connectivity index is 2.84. The maximum atomic E-state index is 10.9. The quantitative estimate of drug-likeness (QED) is 0.571. The van der Waals surface area contributed by atoms with Gasteiger partial charge >= 0.3 is 0 Å². The van der Waals surface area contributed by atoms with Crippen LogP contribution < -0.4 is 0 Å². The van der Waals surface area contributed by atoms with Gasteiger partial charge in [-0.25, -0.2) is 0 Å². The Hall–Kier alpha value is -0.110. The third kappa shape index (κ3) is 1.42. The molecule has 1 aliphatic carbocycles. The van der Waals surface area contributed by atoms with E-state index in [4.69, 9.17) is 0 Å². The molecule has 1 rings (SSSR count). The second kappa shape index (κ2) is 2.65. The zero-order valence-corrected chi connectivity index (χ0v) is 6.99. The number of hydrogen-bond donors (Lipinski definition) is 0. The lowest BCUT2D eigenvalue weighted by molar-refractivity contribution is -0.115. The molecule has 1 nitrogen and oxygen atoms in total. The highest BCUT2D eigenvalue weighted by atomic mass is 79.9. The summed E-state index contributed by atoms with van der Waals surface area (Å²) in [6.45, 7) is 1.88. The summed E-state index contributed by atoms with van der Waals surface area (Å²) in [6.07, 6.45) is 2.79. The molecule has 0 saturated heterocycles. The van der Waals surface area contributed by atoms with Gasteiger partial charge in [0, 0.05) is 16.5 Å². The van der Waals surface area contributed by atoms with Crippen molar-refractivity contribution in [2.45, 2.75) is 26.2 Å². The van der Waals surface area contributed by atoms with Gasteiger partial charge in [0.05, 0.1) is 0 Å². The monoisotopic (exact) mass is 188 g/mol. The number of allylic oxidation sites excluding steroid dienone is 2. The van der Waals surface area contributed by atoms with E-state index in [0.29, 0.717) is 5.78 Å². The van der Waals surface area contributed by atoms with Crippen molar-refractivity contribution in [2.75, 3.05) is 0 Å². The topological polar surface area (TPSA) is 17.1 Å². The van der Waals surface area contributed by atoms with Crippen molar-refractivity contribution < 1.29 is 4.79 Å². The van der Waals surface area contributed by atoms with Gasteiger partial charge in [0.25, 0.3) is 0 Å². The molecular weight excluding hydrogens is 180 g/mol. The molecule has 0 N–H and O–H groups in total. The van der Waals surface area contributed by atoms with Crippen LogP contribution in [-0.2, 0) is 4.79 Å². The minimum Gasteiger partial charge on any atom is -0.295 e. The van der Waals surface area contributed by atoms with Crippen LogP contribution in [0.4, 0.5) is 0 Å². The maximum Gasteiger partial charge on any atom is 0.159 e. The van der Waals surface area contributed by atoms with Crippen LogP contribution in [0.25, 0.3) is 0 Å². The minimum absolute atomic E-state index is 0.299. The largest absolute Gasteiger partial charge is 0.295 e. The Morgan fingerprint density at radius 3 is 2.56 bits per heavy atom. The zero-order valence-electron chi connectivity index (χ0n) is 5.41. The van der Waals surface area contributed by atoms with E-state index in [2.05, 4.69) is 15.9 Å². The molecule has 2 heteroatoms. The molecule has 0 heterocycles. The molecule has 0 saturated carbocycles. The second-order valence-electron chi connectivity index (χ2n) is 2.31. The smallest absolute Gasteiger partial charge is 0.159 e. The van der Waals surface area contributed by atoms with Gasteiger partial charge in [0.2, 0.25) is 0 Å². The SMILES string of the molecule is CC1=C(Br)CCCC1=O. The summed E-state index contributed by atoms with van der Waals surface area (Å²) in [5.41, 5.74) is 0.918. The molecule has 0 bridgehead atoms. The van der Waals surface area contributed by atoms with Crippen LogP contribution in [0.3, 0.4) is 0 Å². The molecule has 0 atom stereocenters. The van der Waals surface area contributed by atoms with Crippen molar-refractivity contribution in [2.24, 2.45) is 0 Å². The second-order valence-corrected chi connectivity index (χ2v) is 3.26. The van der Waals surface area contributed by atoms with Gasteiger partial charge in [-0.15, -0.1) is 0 Å². The van der Waals surface area contributed by atoms with Crippen molar-refractivity contribution in [3.63, 3.8) is 0 Å². The first-order valence-corrected chi connectivity index (χ1v) is 3.89. The van der Waals surface area contributed by atoms with Gasteiger partial charge in [0.15, 0.2) is 5.78 Å². The molecule has 1 aliphatic rings. The first-order valence-electron chi connectivity index (χ1n) is 3.10. The summed E-state index contributed by atoms with van der Waals surface area (Å²) in [6, 6.07) is 0. The molecule has 0 aromatic carbocycles. The third-order valence-electron chi connectivity index (χ3n) is 1.63. The molecule has 9 heavy (non-hydrogen) atoms. The predicted octanol–water partition coefficient (Wildman–Crippen LogP) is 2.41. The van der Waals surface area contributed by atoms with Crippen LogP contribution in [0.1, 0.15) is 26.2 Å². The fraction of sp³-hybridized carbons (Fsp3) is 0.571. The molecular formula is C7H9BrO. The Morgan fingerprint density at radius 2 is 2.11 bits per heavy atom. The molecule has 0 spiro atoms. The van der Waals surface area contributed by atoms with Crippen LogP contribution in [-0.4, -0.2) is 5.78 Å². The highest BCUT2D eigenvalue weighted by Crippen LogP contribution is 2.25. The molecule has 0 fully saturated rings. The number of halogens is 1. The number of carbonyl (C=O) groups is 1. The maximum absolute atomic E-state index is 10.9. The van der Waals surface area contributed by atoms with E-state index in [-0.39, 0.29) is 0 Å². The van der Waals surface area contributed by atoms with Gasteiger partial charge in [0.1, 0.15) is 0 Å².